The Morgan fingerprint density at radius 2 is 2.08 bits per heavy atom. The van der Waals surface area contributed by atoms with Gasteiger partial charge in [-0.15, -0.1) is 0 Å². The molecule has 2 rings (SSSR count). The molecule has 1 atom stereocenters. The first kappa shape index (κ1) is 19.5. The van der Waals surface area contributed by atoms with Crippen LogP contribution in [0.1, 0.15) is 51.0 Å². The van der Waals surface area contributed by atoms with Crippen molar-refractivity contribution in [3.8, 4) is 0 Å². The number of unbranched alkanes of at least 4 members (excludes halogenated alkanes) is 2. The zero-order valence-corrected chi connectivity index (χ0v) is 16.5. The van der Waals surface area contributed by atoms with Gasteiger partial charge in [-0.25, -0.2) is 4.79 Å². The van der Waals surface area contributed by atoms with Crippen LogP contribution in [0.2, 0.25) is 0 Å². The summed E-state index contributed by atoms with van der Waals surface area (Å²) in [5.74, 6) is 0. The average molecular weight is 447 g/mol. The van der Waals surface area contributed by atoms with E-state index in [1.807, 2.05) is 24.3 Å². The molecule has 0 heterocycles. The van der Waals surface area contributed by atoms with Crippen LogP contribution in [0.4, 0.5) is 4.79 Å². The second-order valence-electron chi connectivity index (χ2n) is 6.16. The van der Waals surface area contributed by atoms with Gasteiger partial charge in [-0.05, 0) is 47.9 Å². The molecular weight excluding hydrogens is 421 g/mol. The first-order chi connectivity index (χ1) is 11.6. The van der Waals surface area contributed by atoms with Gasteiger partial charge in [0.25, 0.3) is 0 Å². The predicted octanol–water partition coefficient (Wildman–Crippen LogP) is 4.79. The van der Waals surface area contributed by atoms with Crippen molar-refractivity contribution in [2.45, 2.75) is 57.2 Å². The van der Waals surface area contributed by atoms with Crippen molar-refractivity contribution in [3.63, 3.8) is 0 Å². The second-order valence-corrected chi connectivity index (χ2v) is 7.32. The van der Waals surface area contributed by atoms with Gasteiger partial charge in [0.05, 0.1) is 0 Å². The minimum atomic E-state index is -0.990. The van der Waals surface area contributed by atoms with Gasteiger partial charge in [-0.3, -0.25) is 4.90 Å². The molecule has 0 unspecified atom stereocenters. The van der Waals surface area contributed by atoms with Crippen LogP contribution in [-0.2, 0) is 15.2 Å². The maximum absolute atomic E-state index is 12.1. The summed E-state index contributed by atoms with van der Waals surface area (Å²) in [6.07, 6.45) is 4.50. The van der Waals surface area contributed by atoms with E-state index >= 15 is 0 Å². The maximum Gasteiger partial charge on any atom is 0.410 e. The third kappa shape index (κ3) is 4.40. The van der Waals surface area contributed by atoms with Gasteiger partial charge in [0.2, 0.25) is 0 Å². The zero-order valence-electron chi connectivity index (χ0n) is 14.3. The molecule has 1 N–H and O–H groups in total. The largest absolute Gasteiger partial charge is 0.465 e. The average Bonchev–Trinajstić information content (AvgIpc) is 3.37. The van der Waals surface area contributed by atoms with Crippen molar-refractivity contribution in [2.75, 3.05) is 13.9 Å². The molecule has 1 aromatic rings. The third-order valence-electron chi connectivity index (χ3n) is 4.34. The van der Waals surface area contributed by atoms with Crippen LogP contribution in [0.25, 0.3) is 0 Å². The first-order valence-corrected chi connectivity index (χ1v) is 9.55. The Bertz CT molecular complexity index is 550. The highest BCUT2D eigenvalue weighted by atomic mass is 127. The quantitative estimate of drug-likeness (QED) is 0.319. The highest BCUT2D eigenvalue weighted by molar-refractivity contribution is 14.1. The number of hydrogen-bond donors (Lipinski definition) is 1. The molecule has 1 amide bonds. The standard InChI is InChI=1S/C18H26INO4/c1-3-4-7-12-18(24-13-23-2,15-8-5-6-9-16(15)19)20(17(21)22)14-10-11-14/h5-6,8-9,14H,3-4,7,10-13H2,1-2H3,(H,21,22)/t18-/m1/s1. The Kier molecular flexibility index (Phi) is 7.31. The van der Waals surface area contributed by atoms with Crippen LogP contribution in [0.3, 0.4) is 0 Å². The molecular formula is C18H26INO4. The molecule has 0 bridgehead atoms. The van der Waals surface area contributed by atoms with E-state index in [2.05, 4.69) is 29.5 Å². The fraction of sp³-hybridized carbons (Fsp3) is 0.611. The lowest BCUT2D eigenvalue weighted by Crippen LogP contribution is -2.53. The Morgan fingerprint density at radius 3 is 2.62 bits per heavy atom. The lowest BCUT2D eigenvalue weighted by Gasteiger charge is -2.43. The first-order valence-electron chi connectivity index (χ1n) is 8.47. The van der Waals surface area contributed by atoms with Crippen LogP contribution in [-0.4, -0.2) is 36.0 Å². The lowest BCUT2D eigenvalue weighted by molar-refractivity contribution is -0.208. The Morgan fingerprint density at radius 1 is 1.38 bits per heavy atom. The molecule has 0 aliphatic heterocycles. The van der Waals surface area contributed by atoms with Gasteiger partial charge in [-0.2, -0.15) is 0 Å². The molecule has 1 fully saturated rings. The maximum atomic E-state index is 12.1. The van der Waals surface area contributed by atoms with Crippen molar-refractivity contribution < 1.29 is 19.4 Å². The minimum Gasteiger partial charge on any atom is -0.465 e. The monoisotopic (exact) mass is 447 g/mol. The van der Waals surface area contributed by atoms with Crippen molar-refractivity contribution >= 4 is 28.7 Å². The minimum absolute atomic E-state index is 0.0250. The number of benzene rings is 1. The van der Waals surface area contributed by atoms with Crippen LogP contribution < -0.4 is 0 Å². The number of carboxylic acid groups (broad SMARTS) is 1. The van der Waals surface area contributed by atoms with Gasteiger partial charge in [0.1, 0.15) is 6.79 Å². The summed E-state index contributed by atoms with van der Waals surface area (Å²) in [4.78, 5) is 13.6. The van der Waals surface area contributed by atoms with Gasteiger partial charge in [0.15, 0.2) is 5.72 Å². The molecule has 1 aliphatic carbocycles. The third-order valence-corrected chi connectivity index (χ3v) is 5.28. The topological polar surface area (TPSA) is 59.0 Å². The summed E-state index contributed by atoms with van der Waals surface area (Å²) in [5, 5.41) is 9.93. The lowest BCUT2D eigenvalue weighted by atomic mass is 9.94. The molecule has 1 saturated carbocycles. The molecule has 1 aromatic carbocycles. The smallest absolute Gasteiger partial charge is 0.410 e. The molecule has 24 heavy (non-hydrogen) atoms. The number of rotatable bonds is 10. The molecule has 5 nitrogen and oxygen atoms in total. The summed E-state index contributed by atoms with van der Waals surface area (Å²) < 4.78 is 12.3. The highest BCUT2D eigenvalue weighted by Crippen LogP contribution is 2.44. The van der Waals surface area contributed by atoms with Crippen molar-refractivity contribution in [1.29, 1.82) is 0 Å². The molecule has 0 aromatic heterocycles. The Labute approximate surface area is 157 Å². The summed E-state index contributed by atoms with van der Waals surface area (Å²) in [6, 6.07) is 7.89. The van der Waals surface area contributed by atoms with Gasteiger partial charge >= 0.3 is 6.09 Å². The number of ether oxygens (including phenoxy) is 2. The van der Waals surface area contributed by atoms with E-state index in [0.717, 1.165) is 41.2 Å². The van der Waals surface area contributed by atoms with Crippen molar-refractivity contribution in [1.82, 2.24) is 4.90 Å². The van der Waals surface area contributed by atoms with Crippen molar-refractivity contribution in [2.24, 2.45) is 0 Å². The van der Waals surface area contributed by atoms with E-state index in [9.17, 15) is 9.90 Å². The van der Waals surface area contributed by atoms with Crippen LogP contribution in [0, 0.1) is 3.57 Å². The normalized spacial score (nSPS) is 16.6. The molecule has 0 spiro atoms. The van der Waals surface area contributed by atoms with E-state index in [-0.39, 0.29) is 12.8 Å². The van der Waals surface area contributed by atoms with Gasteiger partial charge in [0, 0.05) is 28.7 Å². The highest BCUT2D eigenvalue weighted by Gasteiger charge is 2.50. The zero-order chi connectivity index (χ0) is 17.6. The summed E-state index contributed by atoms with van der Waals surface area (Å²) in [5.41, 5.74) is -0.0799. The molecule has 6 heteroatoms. The fourth-order valence-electron chi connectivity index (χ4n) is 3.09. The van der Waals surface area contributed by atoms with Crippen LogP contribution in [0.5, 0.6) is 0 Å². The number of hydrogen-bond acceptors (Lipinski definition) is 3. The van der Waals surface area contributed by atoms with Crippen LogP contribution >= 0.6 is 22.6 Å². The van der Waals surface area contributed by atoms with Crippen molar-refractivity contribution in [3.05, 3.63) is 33.4 Å². The molecule has 134 valence electrons. The SMILES string of the molecule is CCCCC[C@@](OCOC)(c1ccccc1I)N(C(=O)O)C1CC1. The van der Waals surface area contributed by atoms with E-state index in [1.54, 1.807) is 7.11 Å². The van der Waals surface area contributed by atoms with Crippen LogP contribution in [0.15, 0.2) is 24.3 Å². The van der Waals surface area contributed by atoms with E-state index in [4.69, 9.17) is 9.47 Å². The number of methoxy groups -OCH3 is 1. The van der Waals surface area contributed by atoms with E-state index < -0.39 is 11.8 Å². The Hall–Kier alpha value is -0.860. The predicted molar refractivity (Wildman–Crippen MR) is 101 cm³/mol. The van der Waals surface area contributed by atoms with E-state index in [1.165, 1.54) is 4.90 Å². The molecule has 1 aliphatic rings. The summed E-state index contributed by atoms with van der Waals surface area (Å²) in [7, 11) is 1.56. The fourth-order valence-corrected chi connectivity index (χ4v) is 3.90. The van der Waals surface area contributed by atoms with Gasteiger partial charge < -0.3 is 14.6 Å². The second kappa shape index (κ2) is 9.01. The molecule has 0 radical (unpaired) electrons. The number of halogens is 1. The number of amides is 1. The number of carbonyl (C=O) groups is 1. The number of nitrogens with zero attached hydrogens (tertiary/aromatic N) is 1. The summed E-state index contributed by atoms with van der Waals surface area (Å²) >= 11 is 2.26. The van der Waals surface area contributed by atoms with Gasteiger partial charge in [-0.1, -0.05) is 38.0 Å². The van der Waals surface area contributed by atoms with E-state index in [0.29, 0.717) is 6.42 Å². The molecule has 0 saturated heterocycles. The summed E-state index contributed by atoms with van der Waals surface area (Å²) in [6.45, 7) is 2.20. The Balaban J connectivity index is 2.49.